The minimum absolute atomic E-state index is 0.0968. The average molecular weight is 368 g/mol. The number of unbranched alkanes of at least 4 members (excludes halogenated alkanes) is 1. The van der Waals surface area contributed by atoms with Crippen LogP contribution in [0.2, 0.25) is 0 Å². The first-order chi connectivity index (χ1) is 11.8. The Kier molecular flexibility index (Phi) is 6.69. The number of carbonyl (C=O) groups is 2. The lowest BCUT2D eigenvalue weighted by molar-refractivity contribution is -0.137. The van der Waals surface area contributed by atoms with Crippen LogP contribution in [-0.4, -0.2) is 67.2 Å². The van der Waals surface area contributed by atoms with Crippen molar-refractivity contribution in [1.29, 1.82) is 0 Å². The van der Waals surface area contributed by atoms with Gasteiger partial charge in [-0.2, -0.15) is 4.31 Å². The number of aliphatic carboxylic acids is 1. The van der Waals surface area contributed by atoms with E-state index in [0.29, 0.717) is 38.2 Å². The van der Waals surface area contributed by atoms with Gasteiger partial charge in [0.25, 0.3) is 0 Å². The first-order valence-corrected chi connectivity index (χ1v) is 9.80. The van der Waals surface area contributed by atoms with Gasteiger partial charge < -0.3 is 10.0 Å². The maximum absolute atomic E-state index is 12.7. The summed E-state index contributed by atoms with van der Waals surface area (Å²) in [6.07, 6.45) is 1.60. The van der Waals surface area contributed by atoms with Crippen LogP contribution in [0.15, 0.2) is 29.2 Å². The number of hydrogen-bond acceptors (Lipinski definition) is 5. The molecule has 1 aliphatic heterocycles. The highest BCUT2D eigenvalue weighted by molar-refractivity contribution is 7.89. The summed E-state index contributed by atoms with van der Waals surface area (Å²) in [6.45, 7) is 4.33. The molecule has 7 nitrogen and oxygen atoms in total. The van der Waals surface area contributed by atoms with Gasteiger partial charge in [0.05, 0.1) is 4.90 Å². The van der Waals surface area contributed by atoms with Gasteiger partial charge in [-0.15, -0.1) is 0 Å². The zero-order valence-electron chi connectivity index (χ0n) is 14.3. The van der Waals surface area contributed by atoms with Crippen LogP contribution >= 0.6 is 0 Å². The molecule has 1 fully saturated rings. The van der Waals surface area contributed by atoms with Gasteiger partial charge in [0.2, 0.25) is 10.0 Å². The van der Waals surface area contributed by atoms with Crippen molar-refractivity contribution in [3.8, 4) is 0 Å². The van der Waals surface area contributed by atoms with Crippen LogP contribution in [0.25, 0.3) is 0 Å². The van der Waals surface area contributed by atoms with E-state index in [9.17, 15) is 18.0 Å². The molecule has 0 amide bonds. The van der Waals surface area contributed by atoms with Crippen LogP contribution in [0.4, 0.5) is 0 Å². The van der Waals surface area contributed by atoms with Gasteiger partial charge in [0, 0.05) is 38.2 Å². The number of ketones is 1. The summed E-state index contributed by atoms with van der Waals surface area (Å²) in [5.74, 6) is -0.882. The Morgan fingerprint density at radius 3 is 2.16 bits per heavy atom. The standard InChI is InChI=1S/C17H24N2O5S/c1-14(20)15-5-7-16(8-6-15)25(23,24)19-12-10-18(11-13-19)9-3-2-4-17(21)22/h5-8H,2-4,9-13H2,1H3,(H,21,22). The highest BCUT2D eigenvalue weighted by Gasteiger charge is 2.28. The molecule has 0 bridgehead atoms. The molecule has 0 aliphatic carbocycles. The molecule has 1 heterocycles. The number of benzene rings is 1. The molecule has 1 aromatic carbocycles. The van der Waals surface area contributed by atoms with E-state index < -0.39 is 16.0 Å². The third kappa shape index (κ3) is 5.35. The number of Topliss-reactive ketones (excluding diaryl/α,β-unsaturated/α-hetero) is 1. The van der Waals surface area contributed by atoms with Gasteiger partial charge >= 0.3 is 5.97 Å². The molecule has 1 aromatic rings. The fourth-order valence-electron chi connectivity index (χ4n) is 2.82. The summed E-state index contributed by atoms with van der Waals surface area (Å²) in [5.41, 5.74) is 0.491. The molecule has 0 unspecified atom stereocenters. The maximum Gasteiger partial charge on any atom is 0.303 e. The van der Waals surface area contributed by atoms with Crippen LogP contribution in [0.1, 0.15) is 36.5 Å². The van der Waals surface area contributed by atoms with Crippen LogP contribution < -0.4 is 0 Å². The van der Waals surface area contributed by atoms with Gasteiger partial charge in [0.15, 0.2) is 5.78 Å². The highest BCUT2D eigenvalue weighted by Crippen LogP contribution is 2.18. The average Bonchev–Trinajstić information content (AvgIpc) is 2.59. The molecule has 138 valence electrons. The summed E-state index contributed by atoms with van der Waals surface area (Å²) in [6, 6.07) is 6.02. The fourth-order valence-corrected chi connectivity index (χ4v) is 4.24. The van der Waals surface area contributed by atoms with E-state index in [1.165, 1.54) is 35.5 Å². The lowest BCUT2D eigenvalue weighted by Gasteiger charge is -2.34. The van der Waals surface area contributed by atoms with E-state index in [4.69, 9.17) is 5.11 Å². The van der Waals surface area contributed by atoms with Crippen molar-refractivity contribution in [2.75, 3.05) is 32.7 Å². The van der Waals surface area contributed by atoms with Crippen LogP contribution in [0.5, 0.6) is 0 Å². The number of carboxylic acid groups (broad SMARTS) is 1. The molecular formula is C17H24N2O5S. The Morgan fingerprint density at radius 1 is 1.04 bits per heavy atom. The van der Waals surface area contributed by atoms with Crippen LogP contribution in [-0.2, 0) is 14.8 Å². The zero-order chi connectivity index (χ0) is 18.4. The number of hydrogen-bond donors (Lipinski definition) is 1. The predicted molar refractivity (Wildman–Crippen MR) is 93.1 cm³/mol. The first kappa shape index (κ1) is 19.6. The van der Waals surface area contributed by atoms with Crippen molar-refractivity contribution in [2.24, 2.45) is 0 Å². The molecule has 25 heavy (non-hydrogen) atoms. The molecule has 0 saturated carbocycles. The monoisotopic (exact) mass is 368 g/mol. The summed E-state index contributed by atoms with van der Waals surface area (Å²) < 4.78 is 26.8. The Morgan fingerprint density at radius 2 is 1.64 bits per heavy atom. The smallest absolute Gasteiger partial charge is 0.303 e. The van der Waals surface area contributed by atoms with Crippen LogP contribution in [0, 0.1) is 0 Å². The van der Waals surface area contributed by atoms with E-state index in [-0.39, 0.29) is 17.1 Å². The van der Waals surface area contributed by atoms with Gasteiger partial charge in [-0.25, -0.2) is 8.42 Å². The second-order valence-electron chi connectivity index (χ2n) is 6.18. The molecule has 0 radical (unpaired) electrons. The van der Waals surface area contributed by atoms with Gasteiger partial charge in [-0.05, 0) is 38.4 Å². The second kappa shape index (κ2) is 8.55. The van der Waals surface area contributed by atoms with E-state index in [0.717, 1.165) is 13.0 Å². The Balaban J connectivity index is 1.88. The molecule has 8 heteroatoms. The van der Waals surface area contributed by atoms with Crippen molar-refractivity contribution in [2.45, 2.75) is 31.1 Å². The van der Waals surface area contributed by atoms with Crippen molar-refractivity contribution in [3.05, 3.63) is 29.8 Å². The molecule has 1 saturated heterocycles. The van der Waals surface area contributed by atoms with E-state index in [1.54, 1.807) is 0 Å². The largest absolute Gasteiger partial charge is 0.481 e. The summed E-state index contributed by atoms with van der Waals surface area (Å²) in [4.78, 5) is 24.1. The third-order valence-corrected chi connectivity index (χ3v) is 6.26. The summed E-state index contributed by atoms with van der Waals surface area (Å²) >= 11 is 0. The SMILES string of the molecule is CC(=O)c1ccc(S(=O)(=O)N2CCN(CCCCC(=O)O)CC2)cc1. The molecule has 1 N–H and O–H groups in total. The third-order valence-electron chi connectivity index (χ3n) is 4.34. The molecule has 0 aromatic heterocycles. The number of piperazine rings is 1. The molecule has 2 rings (SSSR count). The highest BCUT2D eigenvalue weighted by atomic mass is 32.2. The quantitative estimate of drug-likeness (QED) is 0.551. The Bertz CT molecular complexity index is 707. The number of nitrogens with zero attached hydrogens (tertiary/aromatic N) is 2. The van der Waals surface area contributed by atoms with E-state index in [1.807, 2.05) is 0 Å². The van der Waals surface area contributed by atoms with Crippen molar-refractivity contribution >= 4 is 21.8 Å². The zero-order valence-corrected chi connectivity index (χ0v) is 15.2. The van der Waals surface area contributed by atoms with Crippen molar-refractivity contribution in [1.82, 2.24) is 9.21 Å². The van der Waals surface area contributed by atoms with Gasteiger partial charge in [0.1, 0.15) is 0 Å². The summed E-state index contributed by atoms with van der Waals surface area (Å²) in [7, 11) is -3.55. The lowest BCUT2D eigenvalue weighted by Crippen LogP contribution is -2.48. The minimum atomic E-state index is -3.55. The van der Waals surface area contributed by atoms with Crippen molar-refractivity contribution < 1.29 is 23.1 Å². The number of carboxylic acids is 1. The summed E-state index contributed by atoms with van der Waals surface area (Å²) in [5, 5.41) is 8.62. The van der Waals surface area contributed by atoms with Gasteiger partial charge in [-0.3, -0.25) is 9.59 Å². The molecule has 1 aliphatic rings. The van der Waals surface area contributed by atoms with E-state index >= 15 is 0 Å². The lowest BCUT2D eigenvalue weighted by atomic mass is 10.2. The number of carbonyl (C=O) groups excluding carboxylic acids is 1. The second-order valence-corrected chi connectivity index (χ2v) is 8.12. The minimum Gasteiger partial charge on any atom is -0.481 e. The molecular weight excluding hydrogens is 344 g/mol. The number of rotatable bonds is 8. The normalized spacial score (nSPS) is 16.7. The Hall–Kier alpha value is -1.77. The van der Waals surface area contributed by atoms with Crippen LogP contribution in [0.3, 0.4) is 0 Å². The predicted octanol–water partition coefficient (Wildman–Crippen LogP) is 1.45. The molecule has 0 atom stereocenters. The molecule has 0 spiro atoms. The van der Waals surface area contributed by atoms with Gasteiger partial charge in [-0.1, -0.05) is 12.1 Å². The number of sulfonamides is 1. The van der Waals surface area contributed by atoms with Crippen molar-refractivity contribution in [3.63, 3.8) is 0 Å². The Labute approximate surface area is 148 Å². The maximum atomic E-state index is 12.7. The first-order valence-electron chi connectivity index (χ1n) is 8.36. The topological polar surface area (TPSA) is 95.0 Å². The fraction of sp³-hybridized carbons (Fsp3) is 0.529. The van der Waals surface area contributed by atoms with E-state index in [2.05, 4.69) is 4.90 Å².